The summed E-state index contributed by atoms with van der Waals surface area (Å²) in [5, 5.41) is 14.4. The van der Waals surface area contributed by atoms with Crippen molar-refractivity contribution in [2.45, 2.75) is 32.8 Å². The van der Waals surface area contributed by atoms with Gasteiger partial charge >= 0.3 is 0 Å². The Bertz CT molecular complexity index is 1050. The molecule has 0 saturated heterocycles. The number of nitrogens with zero attached hydrogens (tertiary/aromatic N) is 3. The summed E-state index contributed by atoms with van der Waals surface area (Å²) in [6, 6.07) is 16.1. The minimum atomic E-state index is -1.08. The molecule has 0 saturated carbocycles. The summed E-state index contributed by atoms with van der Waals surface area (Å²) in [5.74, 6) is 0.862. The van der Waals surface area contributed by atoms with Crippen LogP contribution in [0.2, 0.25) is 0 Å². The Labute approximate surface area is 169 Å². The molecule has 4 rings (SSSR count). The SMILES string of the molecule is CCC(O)(c1ccc(-c2nccs2)cc1)c1ccc(-n2c(C)ccc2C)nc1. The topological polar surface area (TPSA) is 50.9 Å². The Morgan fingerprint density at radius 2 is 1.61 bits per heavy atom. The maximum atomic E-state index is 11.5. The van der Waals surface area contributed by atoms with Crippen molar-refractivity contribution in [1.82, 2.24) is 14.5 Å². The monoisotopic (exact) mass is 389 g/mol. The van der Waals surface area contributed by atoms with Crippen molar-refractivity contribution in [2.24, 2.45) is 0 Å². The molecule has 0 bridgehead atoms. The van der Waals surface area contributed by atoms with Gasteiger partial charge in [0.2, 0.25) is 0 Å². The lowest BCUT2D eigenvalue weighted by molar-refractivity contribution is 0.0762. The molecule has 142 valence electrons. The van der Waals surface area contributed by atoms with Crippen molar-refractivity contribution in [3.8, 4) is 16.4 Å². The van der Waals surface area contributed by atoms with Gasteiger partial charge in [0, 0.05) is 40.3 Å². The van der Waals surface area contributed by atoms with E-state index in [1.807, 2.05) is 48.7 Å². The Hall–Kier alpha value is -2.76. The molecule has 1 unspecified atom stereocenters. The van der Waals surface area contributed by atoms with E-state index in [1.54, 1.807) is 23.7 Å². The molecule has 0 fully saturated rings. The molecule has 1 atom stereocenters. The lowest BCUT2D eigenvalue weighted by atomic mass is 9.84. The van der Waals surface area contributed by atoms with Crippen molar-refractivity contribution >= 4 is 11.3 Å². The Morgan fingerprint density at radius 3 is 2.14 bits per heavy atom. The number of aryl methyl sites for hydroxylation is 2. The summed E-state index contributed by atoms with van der Waals surface area (Å²) in [6.45, 7) is 6.12. The first-order valence-electron chi connectivity index (χ1n) is 9.37. The first kappa shape index (κ1) is 18.6. The third kappa shape index (κ3) is 3.17. The first-order valence-corrected chi connectivity index (χ1v) is 10.3. The zero-order valence-electron chi connectivity index (χ0n) is 16.3. The minimum Gasteiger partial charge on any atom is -0.380 e. The van der Waals surface area contributed by atoms with E-state index in [2.05, 4.69) is 40.5 Å². The van der Waals surface area contributed by atoms with Gasteiger partial charge in [-0.15, -0.1) is 11.3 Å². The molecule has 0 aliphatic carbocycles. The molecular formula is C23H23N3OS. The van der Waals surface area contributed by atoms with Crippen molar-refractivity contribution in [3.05, 3.63) is 88.8 Å². The number of hydrogen-bond donors (Lipinski definition) is 1. The number of pyridine rings is 1. The molecule has 0 radical (unpaired) electrons. The van der Waals surface area contributed by atoms with Crippen molar-refractivity contribution in [1.29, 1.82) is 0 Å². The van der Waals surface area contributed by atoms with Crippen LogP contribution in [-0.4, -0.2) is 19.6 Å². The van der Waals surface area contributed by atoms with Gasteiger partial charge in [-0.3, -0.25) is 0 Å². The second-order valence-corrected chi connectivity index (χ2v) is 7.88. The van der Waals surface area contributed by atoms with E-state index < -0.39 is 5.60 Å². The van der Waals surface area contributed by atoms with Crippen LogP contribution < -0.4 is 0 Å². The second-order valence-electron chi connectivity index (χ2n) is 6.99. The number of aliphatic hydroxyl groups is 1. The van der Waals surface area contributed by atoms with Gasteiger partial charge < -0.3 is 9.67 Å². The molecule has 0 amide bonds. The van der Waals surface area contributed by atoms with E-state index >= 15 is 0 Å². The highest BCUT2D eigenvalue weighted by molar-refractivity contribution is 7.13. The van der Waals surface area contributed by atoms with E-state index in [-0.39, 0.29) is 0 Å². The van der Waals surface area contributed by atoms with Gasteiger partial charge in [-0.25, -0.2) is 9.97 Å². The van der Waals surface area contributed by atoms with Crippen LogP contribution in [0.25, 0.3) is 16.4 Å². The molecule has 1 N–H and O–H groups in total. The van der Waals surface area contributed by atoms with E-state index in [0.717, 1.165) is 38.9 Å². The van der Waals surface area contributed by atoms with Gasteiger partial charge in [-0.2, -0.15) is 0 Å². The van der Waals surface area contributed by atoms with Crippen LogP contribution in [-0.2, 0) is 5.60 Å². The predicted molar refractivity (Wildman–Crippen MR) is 114 cm³/mol. The van der Waals surface area contributed by atoms with Gasteiger partial charge in [-0.1, -0.05) is 37.3 Å². The predicted octanol–water partition coefficient (Wildman–Crippen LogP) is 5.26. The lowest BCUT2D eigenvalue weighted by Crippen LogP contribution is -2.26. The fraction of sp³-hybridized carbons (Fsp3) is 0.217. The fourth-order valence-electron chi connectivity index (χ4n) is 3.62. The lowest BCUT2D eigenvalue weighted by Gasteiger charge is -2.28. The number of aromatic nitrogens is 3. The van der Waals surface area contributed by atoms with E-state index in [1.165, 1.54) is 0 Å². The fourth-order valence-corrected chi connectivity index (χ4v) is 4.27. The maximum absolute atomic E-state index is 11.5. The molecule has 4 aromatic rings. The van der Waals surface area contributed by atoms with Crippen LogP contribution in [0, 0.1) is 13.8 Å². The Balaban J connectivity index is 1.67. The van der Waals surface area contributed by atoms with Crippen LogP contribution in [0.3, 0.4) is 0 Å². The Morgan fingerprint density at radius 1 is 0.929 bits per heavy atom. The molecule has 4 nitrogen and oxygen atoms in total. The minimum absolute atomic E-state index is 0.562. The summed E-state index contributed by atoms with van der Waals surface area (Å²) >= 11 is 1.61. The first-order chi connectivity index (χ1) is 13.5. The molecule has 1 aromatic carbocycles. The van der Waals surface area contributed by atoms with E-state index in [0.29, 0.717) is 6.42 Å². The summed E-state index contributed by atoms with van der Waals surface area (Å²) in [4.78, 5) is 8.98. The normalized spacial score (nSPS) is 13.4. The highest BCUT2D eigenvalue weighted by Gasteiger charge is 2.30. The van der Waals surface area contributed by atoms with Crippen LogP contribution >= 0.6 is 11.3 Å². The van der Waals surface area contributed by atoms with Crippen LogP contribution in [0.5, 0.6) is 0 Å². The summed E-state index contributed by atoms with van der Waals surface area (Å²) in [7, 11) is 0. The third-order valence-corrected chi connectivity index (χ3v) is 6.10. The van der Waals surface area contributed by atoms with E-state index in [9.17, 15) is 5.11 Å². The highest BCUT2D eigenvalue weighted by Crippen LogP contribution is 2.34. The van der Waals surface area contributed by atoms with Gasteiger partial charge in [0.1, 0.15) is 16.4 Å². The average molecular weight is 390 g/mol. The van der Waals surface area contributed by atoms with Crippen LogP contribution in [0.1, 0.15) is 35.9 Å². The standard InChI is InChI=1S/C23H23N3OS/c1-4-23(27,19-9-7-18(8-10-19)22-24-13-14-28-22)20-11-12-21(25-15-20)26-16(2)5-6-17(26)3/h5-15,27H,4H2,1-3H3. The largest absolute Gasteiger partial charge is 0.380 e. The summed E-state index contributed by atoms with van der Waals surface area (Å²) in [5.41, 5.74) is 3.92. The number of rotatable bonds is 5. The zero-order valence-corrected chi connectivity index (χ0v) is 17.1. The molecule has 28 heavy (non-hydrogen) atoms. The van der Waals surface area contributed by atoms with Crippen LogP contribution in [0.4, 0.5) is 0 Å². The maximum Gasteiger partial charge on any atom is 0.136 e. The number of thiazole rings is 1. The third-order valence-electron chi connectivity index (χ3n) is 5.28. The molecular weight excluding hydrogens is 366 g/mol. The molecule has 3 heterocycles. The smallest absolute Gasteiger partial charge is 0.136 e. The molecule has 0 spiro atoms. The number of hydrogen-bond acceptors (Lipinski definition) is 4. The van der Waals surface area contributed by atoms with Gasteiger partial charge in [-0.05, 0) is 44.0 Å². The van der Waals surface area contributed by atoms with Crippen molar-refractivity contribution in [2.75, 3.05) is 0 Å². The van der Waals surface area contributed by atoms with E-state index in [4.69, 9.17) is 0 Å². The molecule has 3 aromatic heterocycles. The molecule has 5 heteroatoms. The highest BCUT2D eigenvalue weighted by atomic mass is 32.1. The van der Waals surface area contributed by atoms with Gasteiger partial charge in [0.25, 0.3) is 0 Å². The second kappa shape index (κ2) is 7.34. The molecule has 0 aliphatic heterocycles. The summed E-state index contributed by atoms with van der Waals surface area (Å²) < 4.78 is 2.11. The summed E-state index contributed by atoms with van der Waals surface area (Å²) in [6.07, 6.45) is 4.15. The zero-order chi connectivity index (χ0) is 19.7. The average Bonchev–Trinajstić information content (AvgIpc) is 3.38. The Kier molecular flexibility index (Phi) is 4.87. The van der Waals surface area contributed by atoms with Crippen molar-refractivity contribution < 1.29 is 5.11 Å². The number of benzene rings is 1. The molecule has 0 aliphatic rings. The van der Waals surface area contributed by atoms with Gasteiger partial charge in [0.15, 0.2) is 0 Å². The van der Waals surface area contributed by atoms with Crippen molar-refractivity contribution in [3.63, 3.8) is 0 Å². The quantitative estimate of drug-likeness (QED) is 0.507. The van der Waals surface area contributed by atoms with Crippen LogP contribution in [0.15, 0.2) is 66.3 Å². The van der Waals surface area contributed by atoms with Gasteiger partial charge in [0.05, 0.1) is 0 Å².